The van der Waals surface area contributed by atoms with Crippen molar-refractivity contribution in [2.24, 2.45) is 0 Å². The first-order valence-electron chi connectivity index (χ1n) is 7.36. The topological polar surface area (TPSA) is 61.5 Å². The first-order chi connectivity index (χ1) is 9.72. The monoisotopic (exact) mass is 279 g/mol. The minimum atomic E-state index is -0.324. The number of carbonyl (C=O) groups is 1. The van der Waals surface area contributed by atoms with E-state index < -0.39 is 0 Å². The quantitative estimate of drug-likeness (QED) is 0.404. The van der Waals surface area contributed by atoms with Crippen LogP contribution >= 0.6 is 0 Å². The smallest absolute Gasteiger partial charge is 0.344 e. The molecule has 1 aromatic rings. The SMILES string of the molecule is CCCCCCCCOC(=O)COc1ccc(N)cc1. The van der Waals surface area contributed by atoms with Crippen LogP contribution in [0.25, 0.3) is 0 Å². The maximum absolute atomic E-state index is 11.4. The van der Waals surface area contributed by atoms with Crippen molar-refractivity contribution in [2.45, 2.75) is 45.4 Å². The van der Waals surface area contributed by atoms with Crippen molar-refractivity contribution in [1.82, 2.24) is 0 Å². The van der Waals surface area contributed by atoms with Gasteiger partial charge in [-0.05, 0) is 30.7 Å². The van der Waals surface area contributed by atoms with Gasteiger partial charge in [-0.1, -0.05) is 39.0 Å². The molecule has 1 aromatic carbocycles. The number of rotatable bonds is 10. The summed E-state index contributed by atoms with van der Waals surface area (Å²) >= 11 is 0. The first kappa shape index (κ1) is 16.3. The van der Waals surface area contributed by atoms with E-state index in [-0.39, 0.29) is 12.6 Å². The second-order valence-corrected chi connectivity index (χ2v) is 4.85. The molecule has 0 aliphatic heterocycles. The molecule has 112 valence electrons. The van der Waals surface area contributed by atoms with Crippen molar-refractivity contribution in [2.75, 3.05) is 18.9 Å². The standard InChI is InChI=1S/C16H25NO3/c1-2-3-4-5-6-7-12-19-16(18)13-20-15-10-8-14(17)9-11-15/h8-11H,2-7,12-13,17H2,1H3. The number of carbonyl (C=O) groups excluding carboxylic acids is 1. The van der Waals surface area contributed by atoms with Crippen molar-refractivity contribution in [3.05, 3.63) is 24.3 Å². The van der Waals surface area contributed by atoms with Gasteiger partial charge in [-0.2, -0.15) is 0 Å². The van der Waals surface area contributed by atoms with Gasteiger partial charge >= 0.3 is 5.97 Å². The Balaban J connectivity index is 2.01. The molecule has 0 spiro atoms. The van der Waals surface area contributed by atoms with Crippen molar-refractivity contribution < 1.29 is 14.3 Å². The van der Waals surface area contributed by atoms with Gasteiger partial charge in [0.1, 0.15) is 5.75 Å². The largest absolute Gasteiger partial charge is 0.482 e. The lowest BCUT2D eigenvalue weighted by Crippen LogP contribution is -2.15. The zero-order valence-corrected chi connectivity index (χ0v) is 12.3. The van der Waals surface area contributed by atoms with Gasteiger partial charge in [-0.3, -0.25) is 0 Å². The van der Waals surface area contributed by atoms with Crippen LogP contribution in [-0.4, -0.2) is 19.2 Å². The zero-order chi connectivity index (χ0) is 14.6. The van der Waals surface area contributed by atoms with Crippen LogP contribution in [0.4, 0.5) is 5.69 Å². The van der Waals surface area contributed by atoms with Gasteiger partial charge in [0.2, 0.25) is 0 Å². The number of unbranched alkanes of at least 4 members (excludes halogenated alkanes) is 5. The fraction of sp³-hybridized carbons (Fsp3) is 0.562. The molecule has 0 saturated heterocycles. The number of esters is 1. The molecule has 0 amide bonds. The minimum absolute atomic E-state index is 0.0558. The van der Waals surface area contributed by atoms with Crippen molar-refractivity contribution in [3.8, 4) is 5.75 Å². The van der Waals surface area contributed by atoms with E-state index in [0.717, 1.165) is 12.8 Å². The second-order valence-electron chi connectivity index (χ2n) is 4.85. The van der Waals surface area contributed by atoms with Crippen LogP contribution in [0, 0.1) is 0 Å². The summed E-state index contributed by atoms with van der Waals surface area (Å²) in [5.74, 6) is 0.297. The summed E-state index contributed by atoms with van der Waals surface area (Å²) in [5, 5.41) is 0. The fourth-order valence-corrected chi connectivity index (χ4v) is 1.82. The summed E-state index contributed by atoms with van der Waals surface area (Å²) < 4.78 is 10.4. The Bertz CT molecular complexity index is 376. The molecule has 20 heavy (non-hydrogen) atoms. The highest BCUT2D eigenvalue weighted by atomic mass is 16.6. The minimum Gasteiger partial charge on any atom is -0.482 e. The van der Waals surface area contributed by atoms with E-state index in [1.54, 1.807) is 24.3 Å². The molecule has 4 nitrogen and oxygen atoms in total. The van der Waals surface area contributed by atoms with E-state index in [1.165, 1.54) is 25.7 Å². The van der Waals surface area contributed by atoms with Gasteiger partial charge in [0.05, 0.1) is 6.61 Å². The molecule has 0 aliphatic rings. The Morgan fingerprint density at radius 1 is 1.05 bits per heavy atom. The third-order valence-corrected chi connectivity index (χ3v) is 3.00. The van der Waals surface area contributed by atoms with Crippen molar-refractivity contribution >= 4 is 11.7 Å². The molecule has 0 radical (unpaired) electrons. The summed E-state index contributed by atoms with van der Waals surface area (Å²) in [6.07, 6.45) is 7.06. The van der Waals surface area contributed by atoms with E-state index in [9.17, 15) is 4.79 Å². The van der Waals surface area contributed by atoms with Crippen LogP contribution in [0.1, 0.15) is 45.4 Å². The summed E-state index contributed by atoms with van der Waals surface area (Å²) in [6, 6.07) is 6.93. The Morgan fingerprint density at radius 2 is 1.70 bits per heavy atom. The Kier molecular flexibility index (Phi) is 8.27. The number of nitrogen functional groups attached to an aromatic ring is 1. The first-order valence-corrected chi connectivity index (χ1v) is 7.36. The number of hydrogen-bond donors (Lipinski definition) is 1. The molecule has 0 bridgehead atoms. The van der Waals surface area contributed by atoms with Gasteiger partial charge in [0, 0.05) is 5.69 Å². The fourth-order valence-electron chi connectivity index (χ4n) is 1.82. The lowest BCUT2D eigenvalue weighted by molar-refractivity contribution is -0.146. The van der Waals surface area contributed by atoms with Crippen LogP contribution in [0.15, 0.2) is 24.3 Å². The van der Waals surface area contributed by atoms with E-state index in [2.05, 4.69) is 6.92 Å². The molecular formula is C16H25NO3. The Hall–Kier alpha value is -1.71. The summed E-state index contributed by atoms with van der Waals surface area (Å²) in [7, 11) is 0. The van der Waals surface area contributed by atoms with E-state index >= 15 is 0 Å². The zero-order valence-electron chi connectivity index (χ0n) is 12.3. The predicted octanol–water partition coefficient (Wildman–Crippen LogP) is 3.55. The number of benzene rings is 1. The Labute approximate surface area is 121 Å². The second kappa shape index (κ2) is 10.1. The van der Waals surface area contributed by atoms with Crippen LogP contribution in [-0.2, 0) is 9.53 Å². The molecule has 0 aliphatic carbocycles. The molecule has 2 N–H and O–H groups in total. The van der Waals surface area contributed by atoms with Crippen molar-refractivity contribution in [3.63, 3.8) is 0 Å². The van der Waals surface area contributed by atoms with Crippen molar-refractivity contribution in [1.29, 1.82) is 0 Å². The highest BCUT2D eigenvalue weighted by molar-refractivity contribution is 5.71. The van der Waals surface area contributed by atoms with Crippen LogP contribution in [0.2, 0.25) is 0 Å². The average Bonchev–Trinajstić information content (AvgIpc) is 2.46. The van der Waals surface area contributed by atoms with Crippen LogP contribution in [0.5, 0.6) is 5.75 Å². The molecule has 0 atom stereocenters. The van der Waals surface area contributed by atoms with Gasteiger partial charge in [0.25, 0.3) is 0 Å². The molecule has 0 aromatic heterocycles. The number of ether oxygens (including phenoxy) is 2. The van der Waals surface area contributed by atoms with Crippen LogP contribution in [0.3, 0.4) is 0 Å². The molecule has 0 heterocycles. The number of nitrogens with two attached hydrogens (primary N) is 1. The third-order valence-electron chi connectivity index (χ3n) is 3.00. The lowest BCUT2D eigenvalue weighted by Gasteiger charge is -2.07. The highest BCUT2D eigenvalue weighted by Crippen LogP contribution is 2.12. The van der Waals surface area contributed by atoms with Gasteiger partial charge in [0.15, 0.2) is 6.61 Å². The van der Waals surface area contributed by atoms with Gasteiger partial charge in [-0.25, -0.2) is 4.79 Å². The van der Waals surface area contributed by atoms with E-state index in [1.807, 2.05) is 0 Å². The maximum atomic E-state index is 11.4. The van der Waals surface area contributed by atoms with Gasteiger partial charge < -0.3 is 15.2 Å². The van der Waals surface area contributed by atoms with Crippen LogP contribution < -0.4 is 10.5 Å². The number of hydrogen-bond acceptors (Lipinski definition) is 4. The normalized spacial score (nSPS) is 10.2. The molecule has 0 fully saturated rings. The summed E-state index contributed by atoms with van der Waals surface area (Å²) in [5.41, 5.74) is 6.23. The summed E-state index contributed by atoms with van der Waals surface area (Å²) in [4.78, 5) is 11.4. The molecule has 0 saturated carbocycles. The summed E-state index contributed by atoms with van der Waals surface area (Å²) in [6.45, 7) is 2.62. The molecule has 0 unspecified atom stereocenters. The highest BCUT2D eigenvalue weighted by Gasteiger charge is 2.04. The predicted molar refractivity (Wildman–Crippen MR) is 80.7 cm³/mol. The molecule has 1 rings (SSSR count). The molecular weight excluding hydrogens is 254 g/mol. The van der Waals surface area contributed by atoms with E-state index in [4.69, 9.17) is 15.2 Å². The lowest BCUT2D eigenvalue weighted by atomic mass is 10.1. The number of anilines is 1. The Morgan fingerprint density at radius 3 is 2.40 bits per heavy atom. The van der Waals surface area contributed by atoms with E-state index in [0.29, 0.717) is 18.0 Å². The van der Waals surface area contributed by atoms with Gasteiger partial charge in [-0.15, -0.1) is 0 Å². The maximum Gasteiger partial charge on any atom is 0.344 e. The molecule has 4 heteroatoms. The average molecular weight is 279 g/mol. The third kappa shape index (κ3) is 7.67.